The molecule has 0 bridgehead atoms. The van der Waals surface area contributed by atoms with Crippen LogP contribution in [0.5, 0.6) is 0 Å². The lowest BCUT2D eigenvalue weighted by atomic mass is 9.82. The van der Waals surface area contributed by atoms with E-state index in [1.807, 2.05) is 0 Å². The molecule has 19 heavy (non-hydrogen) atoms. The van der Waals surface area contributed by atoms with Crippen LogP contribution >= 0.6 is 15.9 Å². The Balaban J connectivity index is 2.30. The van der Waals surface area contributed by atoms with Gasteiger partial charge < -0.3 is 10.6 Å². The third kappa shape index (κ3) is 2.97. The predicted molar refractivity (Wildman–Crippen MR) is 86.6 cm³/mol. The summed E-state index contributed by atoms with van der Waals surface area (Å²) < 4.78 is 1.14. The van der Waals surface area contributed by atoms with E-state index in [1.165, 1.54) is 30.5 Å². The standard InChI is InChI=1S/C16H25BrN2/c1-4-16(5-2)8-9-19(11-16)15-10-13(17)6-7-14(15)12(3)18/h6-7,10,12H,4-5,8-9,11,18H2,1-3H3. The van der Waals surface area contributed by atoms with Gasteiger partial charge in [-0.05, 0) is 49.3 Å². The van der Waals surface area contributed by atoms with Crippen LogP contribution in [0, 0.1) is 5.41 Å². The summed E-state index contributed by atoms with van der Waals surface area (Å²) in [5.74, 6) is 0. The van der Waals surface area contributed by atoms with Crippen LogP contribution in [-0.2, 0) is 0 Å². The highest BCUT2D eigenvalue weighted by molar-refractivity contribution is 9.10. The summed E-state index contributed by atoms with van der Waals surface area (Å²) in [6, 6.07) is 6.55. The Morgan fingerprint density at radius 2 is 2.05 bits per heavy atom. The van der Waals surface area contributed by atoms with E-state index >= 15 is 0 Å². The van der Waals surface area contributed by atoms with E-state index in [0.29, 0.717) is 5.41 Å². The predicted octanol–water partition coefficient (Wildman–Crippen LogP) is 4.49. The number of nitrogens with two attached hydrogens (primary N) is 1. The van der Waals surface area contributed by atoms with Gasteiger partial charge in [-0.1, -0.05) is 35.8 Å². The molecular weight excluding hydrogens is 300 g/mol. The molecule has 2 rings (SSSR count). The first-order chi connectivity index (χ1) is 9.01. The molecule has 0 aromatic heterocycles. The van der Waals surface area contributed by atoms with Crippen LogP contribution in [0.3, 0.4) is 0 Å². The molecule has 1 aromatic rings. The molecule has 2 nitrogen and oxygen atoms in total. The van der Waals surface area contributed by atoms with Crippen molar-refractivity contribution in [3.05, 3.63) is 28.2 Å². The van der Waals surface area contributed by atoms with Crippen molar-refractivity contribution in [3.63, 3.8) is 0 Å². The maximum Gasteiger partial charge on any atom is 0.0426 e. The second-order valence-electron chi connectivity index (χ2n) is 5.87. The number of halogens is 1. The Hall–Kier alpha value is -0.540. The zero-order valence-electron chi connectivity index (χ0n) is 12.2. The molecule has 0 saturated carbocycles. The molecule has 3 heteroatoms. The molecule has 1 aliphatic heterocycles. The smallest absolute Gasteiger partial charge is 0.0426 e. The maximum atomic E-state index is 6.12. The monoisotopic (exact) mass is 324 g/mol. The molecule has 2 N–H and O–H groups in total. The first kappa shape index (κ1) is 14.9. The fourth-order valence-electron chi connectivity index (χ4n) is 3.14. The van der Waals surface area contributed by atoms with E-state index in [-0.39, 0.29) is 6.04 Å². The molecule has 0 spiro atoms. The van der Waals surface area contributed by atoms with Crippen molar-refractivity contribution >= 4 is 21.6 Å². The van der Waals surface area contributed by atoms with Crippen molar-refractivity contribution < 1.29 is 0 Å². The summed E-state index contributed by atoms with van der Waals surface area (Å²) in [5, 5.41) is 0. The summed E-state index contributed by atoms with van der Waals surface area (Å²) >= 11 is 3.59. The first-order valence-corrected chi connectivity index (χ1v) is 8.10. The maximum absolute atomic E-state index is 6.12. The molecule has 0 amide bonds. The third-order valence-corrected chi connectivity index (χ3v) is 5.26. The number of rotatable bonds is 4. The molecule has 0 radical (unpaired) electrons. The van der Waals surface area contributed by atoms with Crippen LogP contribution in [0.1, 0.15) is 51.6 Å². The minimum Gasteiger partial charge on any atom is -0.371 e. The van der Waals surface area contributed by atoms with Gasteiger partial charge in [0.1, 0.15) is 0 Å². The van der Waals surface area contributed by atoms with Crippen molar-refractivity contribution in [3.8, 4) is 0 Å². The Kier molecular flexibility index (Phi) is 4.57. The van der Waals surface area contributed by atoms with E-state index in [9.17, 15) is 0 Å². The summed E-state index contributed by atoms with van der Waals surface area (Å²) in [4.78, 5) is 2.52. The van der Waals surface area contributed by atoms with Gasteiger partial charge in [0.25, 0.3) is 0 Å². The fourth-order valence-corrected chi connectivity index (χ4v) is 3.49. The van der Waals surface area contributed by atoms with Gasteiger partial charge in [0, 0.05) is 29.3 Å². The normalized spacial score (nSPS) is 19.7. The number of anilines is 1. The fraction of sp³-hybridized carbons (Fsp3) is 0.625. The second kappa shape index (κ2) is 5.84. The van der Waals surface area contributed by atoms with Gasteiger partial charge in [-0.2, -0.15) is 0 Å². The highest BCUT2D eigenvalue weighted by atomic mass is 79.9. The molecule has 1 saturated heterocycles. The van der Waals surface area contributed by atoms with Crippen molar-refractivity contribution in [1.82, 2.24) is 0 Å². The van der Waals surface area contributed by atoms with Crippen LogP contribution < -0.4 is 10.6 Å². The van der Waals surface area contributed by atoms with Crippen LogP contribution in [0.2, 0.25) is 0 Å². The van der Waals surface area contributed by atoms with Gasteiger partial charge in [0.15, 0.2) is 0 Å². The van der Waals surface area contributed by atoms with Crippen molar-refractivity contribution in [1.29, 1.82) is 0 Å². The average molecular weight is 325 g/mol. The third-order valence-electron chi connectivity index (χ3n) is 4.76. The van der Waals surface area contributed by atoms with Gasteiger partial charge in [0.2, 0.25) is 0 Å². The lowest BCUT2D eigenvalue weighted by Crippen LogP contribution is -2.27. The molecule has 1 atom stereocenters. The van der Waals surface area contributed by atoms with Gasteiger partial charge in [0.05, 0.1) is 0 Å². The summed E-state index contributed by atoms with van der Waals surface area (Å²) in [5.41, 5.74) is 9.19. The molecule has 0 aliphatic carbocycles. The molecular formula is C16H25BrN2. The Morgan fingerprint density at radius 1 is 1.37 bits per heavy atom. The number of benzene rings is 1. The topological polar surface area (TPSA) is 29.3 Å². The average Bonchev–Trinajstić information content (AvgIpc) is 2.83. The van der Waals surface area contributed by atoms with Crippen LogP contribution in [0.4, 0.5) is 5.69 Å². The Labute approximate surface area is 125 Å². The summed E-state index contributed by atoms with van der Waals surface area (Å²) in [7, 11) is 0. The lowest BCUT2D eigenvalue weighted by molar-refractivity contribution is 0.301. The van der Waals surface area contributed by atoms with E-state index in [0.717, 1.165) is 17.6 Å². The lowest BCUT2D eigenvalue weighted by Gasteiger charge is -2.29. The first-order valence-electron chi connectivity index (χ1n) is 7.31. The zero-order valence-corrected chi connectivity index (χ0v) is 13.8. The summed E-state index contributed by atoms with van der Waals surface area (Å²) in [6.07, 6.45) is 3.83. The quantitative estimate of drug-likeness (QED) is 0.884. The molecule has 1 heterocycles. The highest BCUT2D eigenvalue weighted by Gasteiger charge is 2.35. The Bertz CT molecular complexity index is 438. The van der Waals surface area contributed by atoms with Gasteiger partial charge in [-0.25, -0.2) is 0 Å². The van der Waals surface area contributed by atoms with Gasteiger partial charge in [-0.3, -0.25) is 0 Å². The molecule has 1 fully saturated rings. The number of hydrogen-bond acceptors (Lipinski definition) is 2. The van der Waals surface area contributed by atoms with E-state index in [1.54, 1.807) is 0 Å². The van der Waals surface area contributed by atoms with Gasteiger partial charge in [-0.15, -0.1) is 0 Å². The molecule has 1 unspecified atom stereocenters. The number of hydrogen-bond donors (Lipinski definition) is 1. The van der Waals surface area contributed by atoms with Crippen LogP contribution in [0.15, 0.2) is 22.7 Å². The molecule has 1 aliphatic rings. The highest BCUT2D eigenvalue weighted by Crippen LogP contribution is 2.41. The van der Waals surface area contributed by atoms with Crippen molar-refractivity contribution in [2.75, 3.05) is 18.0 Å². The van der Waals surface area contributed by atoms with Crippen LogP contribution in [0.25, 0.3) is 0 Å². The van der Waals surface area contributed by atoms with E-state index in [4.69, 9.17) is 5.73 Å². The minimum absolute atomic E-state index is 0.0846. The van der Waals surface area contributed by atoms with Crippen LogP contribution in [-0.4, -0.2) is 13.1 Å². The second-order valence-corrected chi connectivity index (χ2v) is 6.79. The number of nitrogens with zero attached hydrogens (tertiary/aromatic N) is 1. The SMILES string of the molecule is CCC1(CC)CCN(c2cc(Br)ccc2C(C)N)C1. The van der Waals surface area contributed by atoms with Gasteiger partial charge >= 0.3 is 0 Å². The molecule has 106 valence electrons. The van der Waals surface area contributed by atoms with E-state index in [2.05, 4.69) is 59.8 Å². The Morgan fingerprint density at radius 3 is 2.58 bits per heavy atom. The largest absolute Gasteiger partial charge is 0.371 e. The minimum atomic E-state index is 0.0846. The summed E-state index contributed by atoms with van der Waals surface area (Å²) in [6.45, 7) is 9.02. The molecule has 1 aromatic carbocycles. The van der Waals surface area contributed by atoms with Crippen molar-refractivity contribution in [2.24, 2.45) is 11.1 Å². The van der Waals surface area contributed by atoms with E-state index < -0.39 is 0 Å². The van der Waals surface area contributed by atoms with Crippen molar-refractivity contribution in [2.45, 2.75) is 46.1 Å². The zero-order chi connectivity index (χ0) is 14.0.